The molecule has 8 nitrogen and oxygen atoms in total. The number of likely N-dealkylation sites (N-methyl/N-ethyl adjacent to an activating group) is 1. The van der Waals surface area contributed by atoms with Crippen molar-refractivity contribution in [2.24, 2.45) is 13.0 Å². The first kappa shape index (κ1) is 18.2. The van der Waals surface area contributed by atoms with Crippen LogP contribution in [-0.2, 0) is 11.8 Å². The number of piperidine rings is 1. The predicted octanol–water partition coefficient (Wildman–Crippen LogP) is 1.13. The van der Waals surface area contributed by atoms with Crippen molar-refractivity contribution in [3.05, 3.63) is 12.7 Å². The zero-order valence-electron chi connectivity index (χ0n) is 16.3. The minimum absolute atomic E-state index is 0.332. The highest BCUT2D eigenvalue weighted by Gasteiger charge is 2.27. The summed E-state index contributed by atoms with van der Waals surface area (Å²) in [7, 11) is 1.95. The zero-order valence-corrected chi connectivity index (χ0v) is 16.3. The van der Waals surface area contributed by atoms with Gasteiger partial charge in [0.2, 0.25) is 5.91 Å². The second-order valence-corrected chi connectivity index (χ2v) is 7.67. The van der Waals surface area contributed by atoms with Crippen molar-refractivity contribution in [3.8, 4) is 0 Å². The van der Waals surface area contributed by atoms with E-state index in [1.807, 2.05) is 11.6 Å². The summed E-state index contributed by atoms with van der Waals surface area (Å²) in [6.07, 6.45) is 6.14. The van der Waals surface area contributed by atoms with Gasteiger partial charge < -0.3 is 19.3 Å². The number of carbonyl (C=O) groups is 1. The molecule has 0 unspecified atom stereocenters. The molecule has 1 amide bonds. The Labute approximate surface area is 160 Å². The number of hydrogen-bond acceptors (Lipinski definition) is 6. The second-order valence-electron chi connectivity index (χ2n) is 7.67. The molecule has 2 fully saturated rings. The maximum Gasteiger partial charge on any atom is 0.222 e. The molecule has 2 aliphatic rings. The van der Waals surface area contributed by atoms with Gasteiger partial charge in [-0.1, -0.05) is 6.92 Å². The summed E-state index contributed by atoms with van der Waals surface area (Å²) in [4.78, 5) is 32.7. The number of carbonyl (C=O) groups excluding carboxylic acids is 1. The van der Waals surface area contributed by atoms with E-state index in [-0.39, 0.29) is 0 Å². The number of aromatic nitrogens is 4. The van der Waals surface area contributed by atoms with Gasteiger partial charge in [0.15, 0.2) is 17.0 Å². The maximum absolute atomic E-state index is 12.7. The van der Waals surface area contributed by atoms with Gasteiger partial charge >= 0.3 is 0 Å². The highest BCUT2D eigenvalue weighted by Crippen LogP contribution is 2.28. The van der Waals surface area contributed by atoms with Crippen molar-refractivity contribution in [2.45, 2.75) is 26.2 Å². The number of amides is 1. The minimum atomic E-state index is 0.332. The van der Waals surface area contributed by atoms with Crippen molar-refractivity contribution in [2.75, 3.05) is 50.7 Å². The fourth-order valence-corrected chi connectivity index (χ4v) is 4.20. The van der Waals surface area contributed by atoms with Gasteiger partial charge in [-0.2, -0.15) is 0 Å². The summed E-state index contributed by atoms with van der Waals surface area (Å²) < 4.78 is 1.92. The molecule has 0 atom stereocenters. The molecule has 4 rings (SSSR count). The van der Waals surface area contributed by atoms with Gasteiger partial charge in [0.05, 0.1) is 6.33 Å². The number of nitrogens with zero attached hydrogens (tertiary/aromatic N) is 7. The molecule has 0 aromatic carbocycles. The summed E-state index contributed by atoms with van der Waals surface area (Å²) in [5.74, 6) is 1.72. The van der Waals surface area contributed by atoms with E-state index in [9.17, 15) is 4.79 Å². The highest BCUT2D eigenvalue weighted by molar-refractivity contribution is 5.83. The molecule has 8 heteroatoms. The maximum atomic E-state index is 12.7. The topological polar surface area (TPSA) is 70.4 Å². The lowest BCUT2D eigenvalue weighted by atomic mass is 9.93. The quantitative estimate of drug-likeness (QED) is 0.803. The standard InChI is InChI=1S/C19H29N7O/c1-3-24-8-10-25(11-9-24)16(27)12-15-4-6-26(7-5-15)19-17-18(20-13-21-19)23(2)14-22-17/h13-15H,3-12H2,1-2H3. The Morgan fingerprint density at radius 3 is 2.52 bits per heavy atom. The fraction of sp³-hybridized carbons (Fsp3) is 0.684. The van der Waals surface area contributed by atoms with Crippen LogP contribution in [0.25, 0.3) is 11.2 Å². The van der Waals surface area contributed by atoms with Crippen LogP contribution in [0.4, 0.5) is 5.82 Å². The number of fused-ring (bicyclic) bond motifs is 1. The van der Waals surface area contributed by atoms with Gasteiger partial charge in [-0.15, -0.1) is 0 Å². The summed E-state index contributed by atoms with van der Waals surface area (Å²) in [6, 6.07) is 0. The molecular formula is C19H29N7O. The molecule has 2 aromatic rings. The van der Waals surface area contributed by atoms with Crippen LogP contribution in [-0.4, -0.2) is 81.0 Å². The van der Waals surface area contributed by atoms with Gasteiger partial charge in [-0.05, 0) is 25.3 Å². The second kappa shape index (κ2) is 7.80. The third-order valence-electron chi connectivity index (χ3n) is 6.03. The van der Waals surface area contributed by atoms with Crippen LogP contribution >= 0.6 is 0 Å². The molecule has 0 N–H and O–H groups in total. The molecule has 0 radical (unpaired) electrons. The van der Waals surface area contributed by atoms with Crippen LogP contribution in [0.15, 0.2) is 12.7 Å². The Morgan fingerprint density at radius 1 is 1.07 bits per heavy atom. The molecule has 0 saturated carbocycles. The number of rotatable bonds is 4. The SMILES string of the molecule is CCN1CCN(C(=O)CC2CCN(c3ncnc4c3ncn4C)CC2)CC1. The lowest BCUT2D eigenvalue weighted by molar-refractivity contribution is -0.134. The van der Waals surface area contributed by atoms with Crippen LogP contribution in [0.1, 0.15) is 26.2 Å². The van der Waals surface area contributed by atoms with E-state index < -0.39 is 0 Å². The molecule has 2 saturated heterocycles. The van der Waals surface area contributed by atoms with Gasteiger partial charge in [0.1, 0.15) is 6.33 Å². The number of anilines is 1. The number of aryl methyl sites for hydroxylation is 1. The van der Waals surface area contributed by atoms with Gasteiger partial charge in [0.25, 0.3) is 0 Å². The zero-order chi connectivity index (χ0) is 18.8. The van der Waals surface area contributed by atoms with Crippen LogP contribution in [0.2, 0.25) is 0 Å². The van der Waals surface area contributed by atoms with E-state index in [0.717, 1.165) is 75.6 Å². The molecule has 4 heterocycles. The van der Waals surface area contributed by atoms with Gasteiger partial charge in [-0.25, -0.2) is 15.0 Å². The van der Waals surface area contributed by atoms with Crippen molar-refractivity contribution in [1.29, 1.82) is 0 Å². The molecular weight excluding hydrogens is 342 g/mol. The lowest BCUT2D eigenvalue weighted by Gasteiger charge is -2.36. The monoisotopic (exact) mass is 371 g/mol. The molecule has 0 spiro atoms. The van der Waals surface area contributed by atoms with Crippen LogP contribution in [0.3, 0.4) is 0 Å². The summed E-state index contributed by atoms with van der Waals surface area (Å²) in [6.45, 7) is 8.88. The van der Waals surface area contributed by atoms with Crippen molar-refractivity contribution >= 4 is 22.9 Å². The third-order valence-corrected chi connectivity index (χ3v) is 6.03. The van der Waals surface area contributed by atoms with Crippen LogP contribution < -0.4 is 4.90 Å². The molecule has 2 aliphatic heterocycles. The Morgan fingerprint density at radius 2 is 1.81 bits per heavy atom. The van der Waals surface area contributed by atoms with E-state index in [0.29, 0.717) is 18.2 Å². The van der Waals surface area contributed by atoms with E-state index in [4.69, 9.17) is 0 Å². The summed E-state index contributed by atoms with van der Waals surface area (Å²) in [5.41, 5.74) is 1.73. The van der Waals surface area contributed by atoms with E-state index in [1.54, 1.807) is 12.7 Å². The molecule has 0 bridgehead atoms. The van der Waals surface area contributed by atoms with Crippen molar-refractivity contribution in [1.82, 2.24) is 29.3 Å². The molecule has 27 heavy (non-hydrogen) atoms. The van der Waals surface area contributed by atoms with E-state index in [1.165, 1.54) is 0 Å². The molecule has 2 aromatic heterocycles. The Kier molecular flexibility index (Phi) is 5.24. The Hall–Kier alpha value is -2.22. The van der Waals surface area contributed by atoms with Crippen molar-refractivity contribution < 1.29 is 4.79 Å². The normalized spacial score (nSPS) is 19.8. The van der Waals surface area contributed by atoms with Crippen molar-refractivity contribution in [3.63, 3.8) is 0 Å². The number of hydrogen-bond donors (Lipinski definition) is 0. The highest BCUT2D eigenvalue weighted by atomic mass is 16.2. The smallest absolute Gasteiger partial charge is 0.222 e. The summed E-state index contributed by atoms with van der Waals surface area (Å²) >= 11 is 0. The Bertz CT molecular complexity index is 788. The van der Waals surface area contributed by atoms with Gasteiger partial charge in [-0.3, -0.25) is 4.79 Å². The van der Waals surface area contributed by atoms with E-state index >= 15 is 0 Å². The predicted molar refractivity (Wildman–Crippen MR) is 105 cm³/mol. The largest absolute Gasteiger partial charge is 0.355 e. The lowest BCUT2D eigenvalue weighted by Crippen LogP contribution is -2.49. The van der Waals surface area contributed by atoms with E-state index in [2.05, 4.69) is 36.6 Å². The number of imidazole rings is 1. The van der Waals surface area contributed by atoms with Crippen LogP contribution in [0.5, 0.6) is 0 Å². The number of piperazine rings is 1. The van der Waals surface area contributed by atoms with Gasteiger partial charge in [0, 0.05) is 52.7 Å². The Balaban J connectivity index is 1.32. The summed E-state index contributed by atoms with van der Waals surface area (Å²) in [5, 5.41) is 0. The first-order chi connectivity index (χ1) is 13.2. The average Bonchev–Trinajstić information content (AvgIpc) is 3.10. The average molecular weight is 371 g/mol. The first-order valence-electron chi connectivity index (χ1n) is 10.0. The fourth-order valence-electron chi connectivity index (χ4n) is 4.20. The third kappa shape index (κ3) is 3.76. The first-order valence-corrected chi connectivity index (χ1v) is 10.0. The van der Waals surface area contributed by atoms with Crippen LogP contribution in [0, 0.1) is 5.92 Å². The minimum Gasteiger partial charge on any atom is -0.355 e. The molecule has 146 valence electrons. The molecule has 0 aliphatic carbocycles.